The molecule has 0 saturated heterocycles. The summed E-state index contributed by atoms with van der Waals surface area (Å²) in [6.45, 7) is 0. The van der Waals surface area contributed by atoms with E-state index in [2.05, 4.69) is 40.3 Å². The van der Waals surface area contributed by atoms with Crippen molar-refractivity contribution in [1.29, 1.82) is 0 Å². The van der Waals surface area contributed by atoms with Crippen LogP contribution in [0.15, 0.2) is 73.1 Å². The van der Waals surface area contributed by atoms with Crippen molar-refractivity contribution >= 4 is 11.0 Å². The summed E-state index contributed by atoms with van der Waals surface area (Å²) in [4.78, 5) is 13.8. The first kappa shape index (κ1) is 14.3. The summed E-state index contributed by atoms with van der Waals surface area (Å²) in [5.74, 6) is 0.733. The van der Waals surface area contributed by atoms with Gasteiger partial charge in [0.1, 0.15) is 0 Å². The van der Waals surface area contributed by atoms with Crippen molar-refractivity contribution < 1.29 is 0 Å². The maximum atomic E-state index is 4.80. The Morgan fingerprint density at radius 3 is 2.56 bits per heavy atom. The fraction of sp³-hybridized carbons (Fsp3) is 0.136. The molecule has 1 aliphatic rings. The molecule has 0 amide bonds. The first-order chi connectivity index (χ1) is 12.4. The Bertz CT molecular complexity index is 1070. The van der Waals surface area contributed by atoms with Gasteiger partial charge < -0.3 is 0 Å². The zero-order chi connectivity index (χ0) is 16.6. The maximum absolute atomic E-state index is 4.80. The fourth-order valence-corrected chi connectivity index (χ4v) is 3.31. The van der Waals surface area contributed by atoms with Gasteiger partial charge in [-0.15, -0.1) is 0 Å². The van der Waals surface area contributed by atoms with Gasteiger partial charge in [-0.05, 0) is 66.8 Å². The van der Waals surface area contributed by atoms with Crippen LogP contribution in [-0.2, 0) is 0 Å². The van der Waals surface area contributed by atoms with E-state index in [4.69, 9.17) is 4.98 Å². The summed E-state index contributed by atoms with van der Waals surface area (Å²) in [6.07, 6.45) is 6.25. The first-order valence-electron chi connectivity index (χ1n) is 8.66. The van der Waals surface area contributed by atoms with Crippen molar-refractivity contribution in [2.45, 2.75) is 18.8 Å². The van der Waals surface area contributed by atoms with Gasteiger partial charge in [0.25, 0.3) is 0 Å². The molecule has 0 unspecified atom stereocenters. The molecule has 0 spiro atoms. The molecule has 25 heavy (non-hydrogen) atoms. The van der Waals surface area contributed by atoms with E-state index in [1.54, 1.807) is 6.20 Å². The Labute approximate surface area is 146 Å². The standard InChI is InChI=1S/C22H17N3/c1-4-16(15-8-9-15)14-17(5-1)22-18(6-2-13-24-22)19-10-11-20-21(25-19)7-3-12-23-20/h1-7,10-15H,8-9H2. The van der Waals surface area contributed by atoms with Crippen LogP contribution in [0.4, 0.5) is 0 Å². The molecule has 0 radical (unpaired) electrons. The average Bonchev–Trinajstić information content (AvgIpc) is 3.53. The second kappa shape index (κ2) is 5.78. The lowest BCUT2D eigenvalue weighted by Gasteiger charge is -2.10. The molecule has 4 aromatic rings. The molecule has 1 fully saturated rings. The fourth-order valence-electron chi connectivity index (χ4n) is 3.31. The zero-order valence-electron chi connectivity index (χ0n) is 13.8. The van der Waals surface area contributed by atoms with Crippen LogP contribution in [0.2, 0.25) is 0 Å². The van der Waals surface area contributed by atoms with Gasteiger partial charge in [-0.2, -0.15) is 0 Å². The molecule has 5 rings (SSSR count). The average molecular weight is 323 g/mol. The van der Waals surface area contributed by atoms with Crippen LogP contribution >= 0.6 is 0 Å². The molecule has 0 aliphatic heterocycles. The van der Waals surface area contributed by atoms with Gasteiger partial charge in [0, 0.05) is 23.5 Å². The van der Waals surface area contributed by atoms with Crippen LogP contribution < -0.4 is 0 Å². The van der Waals surface area contributed by atoms with E-state index in [1.165, 1.54) is 18.4 Å². The van der Waals surface area contributed by atoms with Crippen LogP contribution in [0.25, 0.3) is 33.5 Å². The monoisotopic (exact) mass is 323 g/mol. The molecule has 0 N–H and O–H groups in total. The highest BCUT2D eigenvalue weighted by molar-refractivity contribution is 5.83. The molecular weight excluding hydrogens is 306 g/mol. The summed E-state index contributed by atoms with van der Waals surface area (Å²) >= 11 is 0. The number of hydrogen-bond acceptors (Lipinski definition) is 3. The molecule has 1 aliphatic carbocycles. The van der Waals surface area contributed by atoms with Crippen molar-refractivity contribution in [2.24, 2.45) is 0 Å². The number of hydrogen-bond donors (Lipinski definition) is 0. The summed E-state index contributed by atoms with van der Waals surface area (Å²) < 4.78 is 0. The van der Waals surface area contributed by atoms with Crippen molar-refractivity contribution in [3.63, 3.8) is 0 Å². The summed E-state index contributed by atoms with van der Waals surface area (Å²) in [5, 5.41) is 0. The highest BCUT2D eigenvalue weighted by atomic mass is 14.8. The van der Waals surface area contributed by atoms with Crippen LogP contribution in [0.3, 0.4) is 0 Å². The predicted octanol–water partition coefficient (Wildman–Crippen LogP) is 5.24. The van der Waals surface area contributed by atoms with Crippen LogP contribution in [0.1, 0.15) is 24.3 Å². The molecule has 3 heterocycles. The van der Waals surface area contributed by atoms with E-state index >= 15 is 0 Å². The second-order valence-corrected chi connectivity index (χ2v) is 6.54. The van der Waals surface area contributed by atoms with E-state index in [0.29, 0.717) is 0 Å². The largest absolute Gasteiger partial charge is 0.256 e. The van der Waals surface area contributed by atoms with Gasteiger partial charge in [-0.3, -0.25) is 9.97 Å². The SMILES string of the molecule is c1cc(-c2ncccc2-c2ccc3ncccc3n2)cc(C2CC2)c1. The first-order valence-corrected chi connectivity index (χ1v) is 8.66. The van der Waals surface area contributed by atoms with Crippen molar-refractivity contribution in [2.75, 3.05) is 0 Å². The molecule has 0 atom stereocenters. The van der Waals surface area contributed by atoms with Gasteiger partial charge in [0.2, 0.25) is 0 Å². The Kier molecular flexibility index (Phi) is 3.30. The van der Waals surface area contributed by atoms with Crippen LogP contribution in [0.5, 0.6) is 0 Å². The molecular formula is C22H17N3. The Morgan fingerprint density at radius 1 is 0.760 bits per heavy atom. The summed E-state index contributed by atoms with van der Waals surface area (Å²) in [7, 11) is 0. The number of fused-ring (bicyclic) bond motifs is 1. The zero-order valence-corrected chi connectivity index (χ0v) is 13.8. The number of pyridine rings is 3. The maximum Gasteiger partial charge on any atom is 0.0894 e. The lowest BCUT2D eigenvalue weighted by molar-refractivity contribution is 1.13. The lowest BCUT2D eigenvalue weighted by Crippen LogP contribution is -1.93. The van der Waals surface area contributed by atoms with Gasteiger partial charge in [-0.1, -0.05) is 18.2 Å². The third-order valence-corrected chi connectivity index (χ3v) is 4.75. The topological polar surface area (TPSA) is 38.7 Å². The number of benzene rings is 1. The lowest BCUT2D eigenvalue weighted by atomic mass is 9.99. The number of aromatic nitrogens is 3. The number of rotatable bonds is 3. The minimum Gasteiger partial charge on any atom is -0.256 e. The van der Waals surface area contributed by atoms with Gasteiger partial charge >= 0.3 is 0 Å². The molecule has 1 aromatic carbocycles. The van der Waals surface area contributed by atoms with E-state index in [9.17, 15) is 0 Å². The highest BCUT2D eigenvalue weighted by Gasteiger charge is 2.23. The normalized spacial score (nSPS) is 13.9. The Hall–Kier alpha value is -3.07. The predicted molar refractivity (Wildman–Crippen MR) is 100 cm³/mol. The summed E-state index contributed by atoms with van der Waals surface area (Å²) in [6, 6.07) is 20.8. The van der Waals surface area contributed by atoms with Crippen LogP contribution in [-0.4, -0.2) is 15.0 Å². The quantitative estimate of drug-likeness (QED) is 0.518. The second-order valence-electron chi connectivity index (χ2n) is 6.54. The van der Waals surface area contributed by atoms with E-state index < -0.39 is 0 Å². The molecule has 3 nitrogen and oxygen atoms in total. The van der Waals surface area contributed by atoms with E-state index in [0.717, 1.165) is 39.5 Å². The van der Waals surface area contributed by atoms with Crippen molar-refractivity contribution in [1.82, 2.24) is 15.0 Å². The van der Waals surface area contributed by atoms with Gasteiger partial charge in [-0.25, -0.2) is 4.98 Å². The summed E-state index contributed by atoms with van der Waals surface area (Å²) in [5.41, 5.74) is 7.37. The smallest absolute Gasteiger partial charge is 0.0894 e. The molecule has 120 valence electrons. The Balaban J connectivity index is 1.65. The molecule has 0 bridgehead atoms. The minimum atomic E-state index is 0.733. The molecule has 3 aromatic heterocycles. The highest BCUT2D eigenvalue weighted by Crippen LogP contribution is 2.41. The molecule has 3 heteroatoms. The number of nitrogens with zero attached hydrogens (tertiary/aromatic N) is 3. The van der Waals surface area contributed by atoms with Gasteiger partial charge in [0.05, 0.1) is 22.4 Å². The van der Waals surface area contributed by atoms with Crippen molar-refractivity contribution in [3.8, 4) is 22.5 Å². The van der Waals surface area contributed by atoms with Gasteiger partial charge in [0.15, 0.2) is 0 Å². The van der Waals surface area contributed by atoms with E-state index in [1.807, 2.05) is 36.5 Å². The minimum absolute atomic E-state index is 0.733. The van der Waals surface area contributed by atoms with Crippen LogP contribution in [0, 0.1) is 0 Å². The third kappa shape index (κ3) is 2.68. The third-order valence-electron chi connectivity index (χ3n) is 4.75. The molecule has 1 saturated carbocycles. The van der Waals surface area contributed by atoms with E-state index in [-0.39, 0.29) is 0 Å². The Morgan fingerprint density at radius 2 is 1.64 bits per heavy atom. The van der Waals surface area contributed by atoms with Crippen molar-refractivity contribution in [3.05, 3.63) is 78.6 Å².